The molecule has 0 radical (unpaired) electrons. The van der Waals surface area contributed by atoms with Crippen LogP contribution in [0.1, 0.15) is 19.8 Å². The van der Waals surface area contributed by atoms with Gasteiger partial charge in [0.15, 0.2) is 0 Å². The monoisotopic (exact) mass is 152 g/mol. The summed E-state index contributed by atoms with van der Waals surface area (Å²) in [7, 11) is 0. The van der Waals surface area contributed by atoms with Gasteiger partial charge in [0.1, 0.15) is 0 Å². The quantitative estimate of drug-likeness (QED) is 0.511. The van der Waals surface area contributed by atoms with E-state index < -0.39 is 4.96 Å². The van der Waals surface area contributed by atoms with Crippen LogP contribution in [0.2, 0.25) is 0 Å². The molecular weight excluding hydrogens is 142 g/mol. The van der Waals surface area contributed by atoms with Crippen molar-refractivity contribution in [3.8, 4) is 0 Å². The molecule has 0 amide bonds. The van der Waals surface area contributed by atoms with Gasteiger partial charge < -0.3 is 0 Å². The van der Waals surface area contributed by atoms with E-state index >= 15 is 0 Å². The Kier molecular flexibility index (Phi) is 3.97. The first-order chi connectivity index (χ1) is 2.77. The SMILES string of the molecule is CCCC(F)[AsH2]. The number of rotatable bonds is 2. The maximum absolute atomic E-state index is 11.7. The second-order valence-electron chi connectivity index (χ2n) is 1.30. The predicted octanol–water partition coefficient (Wildman–Crippen LogP) is 0.715. The third-order valence-corrected chi connectivity index (χ3v) is 1.26. The zero-order valence-corrected chi connectivity index (χ0v) is 6.37. The summed E-state index contributed by atoms with van der Waals surface area (Å²) in [5.41, 5.74) is 0. The summed E-state index contributed by atoms with van der Waals surface area (Å²) in [4.78, 5) is -0.539. The normalized spacial score (nSPS) is 14.5. The maximum atomic E-state index is 11.7. The zero-order chi connectivity index (χ0) is 4.99. The molecule has 0 bridgehead atoms. The van der Waals surface area contributed by atoms with Gasteiger partial charge in [-0.15, -0.1) is 0 Å². The van der Waals surface area contributed by atoms with E-state index in [1.54, 1.807) is 0 Å². The number of alkyl halides is 1. The summed E-state index contributed by atoms with van der Waals surface area (Å²) in [5, 5.41) is 0. The summed E-state index contributed by atoms with van der Waals surface area (Å²) in [6, 6.07) is 0. The molecule has 0 rings (SSSR count). The van der Waals surface area contributed by atoms with Crippen molar-refractivity contribution in [2.75, 3.05) is 0 Å². The van der Waals surface area contributed by atoms with Gasteiger partial charge in [0.2, 0.25) is 0 Å². The molecule has 0 spiro atoms. The Bertz CT molecular complexity index is 28.7. The fraction of sp³-hybridized carbons (Fsp3) is 1.00. The molecule has 0 saturated carbocycles. The van der Waals surface area contributed by atoms with E-state index in [4.69, 9.17) is 0 Å². The molecule has 0 aromatic carbocycles. The van der Waals surface area contributed by atoms with Crippen molar-refractivity contribution in [2.45, 2.75) is 24.7 Å². The first-order valence-electron chi connectivity index (χ1n) is 2.17. The van der Waals surface area contributed by atoms with Crippen LogP contribution in [0.3, 0.4) is 0 Å². The molecule has 0 aliphatic rings. The van der Waals surface area contributed by atoms with Gasteiger partial charge in [0, 0.05) is 0 Å². The van der Waals surface area contributed by atoms with Gasteiger partial charge in [-0.1, -0.05) is 0 Å². The number of hydrogen-bond acceptors (Lipinski definition) is 0. The van der Waals surface area contributed by atoms with Crippen LogP contribution >= 0.6 is 0 Å². The van der Waals surface area contributed by atoms with Crippen molar-refractivity contribution in [3.63, 3.8) is 0 Å². The van der Waals surface area contributed by atoms with Gasteiger partial charge in [-0.25, -0.2) is 0 Å². The van der Waals surface area contributed by atoms with Gasteiger partial charge in [-0.05, 0) is 0 Å². The van der Waals surface area contributed by atoms with Crippen LogP contribution in [-0.2, 0) is 0 Å². The van der Waals surface area contributed by atoms with Crippen molar-refractivity contribution in [1.82, 2.24) is 0 Å². The predicted molar refractivity (Wildman–Crippen MR) is 28.3 cm³/mol. The minimum absolute atomic E-state index is 0.539. The molecule has 0 aliphatic carbocycles. The van der Waals surface area contributed by atoms with Crippen LogP contribution in [0.15, 0.2) is 0 Å². The van der Waals surface area contributed by atoms with E-state index in [-0.39, 0.29) is 0 Å². The summed E-state index contributed by atoms with van der Waals surface area (Å²) < 4.78 is 11.7. The topological polar surface area (TPSA) is 0 Å². The van der Waals surface area contributed by atoms with Crippen LogP contribution in [-0.4, -0.2) is 21.8 Å². The molecule has 0 nitrogen and oxygen atoms in total. The van der Waals surface area contributed by atoms with Crippen LogP contribution in [0.4, 0.5) is 4.39 Å². The number of halogens is 1. The van der Waals surface area contributed by atoms with Crippen molar-refractivity contribution in [1.29, 1.82) is 0 Å². The molecule has 0 heterocycles. The molecule has 38 valence electrons. The second-order valence-corrected chi connectivity index (χ2v) is 2.82. The van der Waals surface area contributed by atoms with E-state index in [0.717, 1.165) is 12.8 Å². The van der Waals surface area contributed by atoms with Crippen LogP contribution in [0, 0.1) is 0 Å². The molecular formula is C4H10AsF. The minimum atomic E-state index is -0.539. The molecule has 2 unspecified atom stereocenters. The van der Waals surface area contributed by atoms with Gasteiger partial charge in [0.05, 0.1) is 0 Å². The fourth-order valence-corrected chi connectivity index (χ4v) is 0.975. The Labute approximate surface area is 46.6 Å². The average Bonchev–Trinajstić information content (AvgIpc) is 1.35. The first-order valence-corrected chi connectivity index (χ1v) is 3.57. The summed E-state index contributed by atoms with van der Waals surface area (Å²) in [6.07, 6.45) is 1.71. The molecule has 0 aliphatic heterocycles. The summed E-state index contributed by atoms with van der Waals surface area (Å²) in [5.74, 6) is 0. The van der Waals surface area contributed by atoms with E-state index in [9.17, 15) is 4.39 Å². The summed E-state index contributed by atoms with van der Waals surface area (Å²) in [6.45, 7) is 1.99. The van der Waals surface area contributed by atoms with E-state index in [1.807, 2.05) is 6.92 Å². The van der Waals surface area contributed by atoms with Crippen molar-refractivity contribution >= 4 is 16.9 Å². The van der Waals surface area contributed by atoms with Gasteiger partial charge in [-0.2, -0.15) is 0 Å². The summed E-state index contributed by atoms with van der Waals surface area (Å²) >= 11 is 1.19. The third kappa shape index (κ3) is 4.49. The van der Waals surface area contributed by atoms with E-state index in [2.05, 4.69) is 0 Å². The Morgan fingerprint density at radius 2 is 2.33 bits per heavy atom. The Morgan fingerprint density at radius 1 is 1.83 bits per heavy atom. The van der Waals surface area contributed by atoms with Crippen molar-refractivity contribution in [3.05, 3.63) is 0 Å². The molecule has 0 aromatic rings. The van der Waals surface area contributed by atoms with Crippen molar-refractivity contribution < 1.29 is 4.39 Å². The van der Waals surface area contributed by atoms with E-state index in [0.29, 0.717) is 0 Å². The fourth-order valence-electron chi connectivity index (χ4n) is 0.276. The van der Waals surface area contributed by atoms with Gasteiger partial charge in [0.25, 0.3) is 0 Å². The Balaban J connectivity index is 2.63. The molecule has 0 N–H and O–H groups in total. The molecule has 0 fully saturated rings. The number of hydrogen-bond donors (Lipinski definition) is 0. The standard InChI is InChI=1S/C4H10AsF/c1-2-3-4(5)6/h4H,2-3,5H2,1H3. The van der Waals surface area contributed by atoms with Crippen LogP contribution in [0.5, 0.6) is 0 Å². The van der Waals surface area contributed by atoms with Crippen LogP contribution in [0.25, 0.3) is 0 Å². The van der Waals surface area contributed by atoms with Gasteiger partial charge >= 0.3 is 46.0 Å². The second kappa shape index (κ2) is 3.67. The molecule has 0 saturated heterocycles. The first kappa shape index (κ1) is 6.49. The Morgan fingerprint density at radius 3 is 2.33 bits per heavy atom. The van der Waals surface area contributed by atoms with Gasteiger partial charge in [-0.3, -0.25) is 0 Å². The van der Waals surface area contributed by atoms with E-state index in [1.165, 1.54) is 16.9 Å². The molecule has 6 heavy (non-hydrogen) atoms. The molecule has 2 atom stereocenters. The third-order valence-electron chi connectivity index (χ3n) is 0.564. The van der Waals surface area contributed by atoms with Crippen molar-refractivity contribution in [2.24, 2.45) is 0 Å². The van der Waals surface area contributed by atoms with Crippen LogP contribution < -0.4 is 0 Å². The molecule has 0 aromatic heterocycles. The zero-order valence-electron chi connectivity index (χ0n) is 3.95. The average molecular weight is 152 g/mol. The molecule has 2 heteroatoms. The Hall–Kier alpha value is 0.488.